The van der Waals surface area contributed by atoms with Gasteiger partial charge in [-0.3, -0.25) is 23.7 Å². The number of imide groups is 1. The van der Waals surface area contributed by atoms with Gasteiger partial charge in [0.2, 0.25) is 11.8 Å². The number of pyridine rings is 1. The van der Waals surface area contributed by atoms with Crippen molar-refractivity contribution in [2.75, 3.05) is 0 Å². The number of esters is 1. The minimum atomic E-state index is -1.02. The monoisotopic (exact) mass is 395 g/mol. The Labute approximate surface area is 166 Å². The number of ether oxygens (including phenoxy) is 1. The standard InChI is InChI=1S/C21H21N3O5/c1-12-7-8-17-22-14(9-18(25)23(17)10-12)11-29-21(28)13(2)24-19(26)15-5-3-4-6-16(15)20(24)27/h3-4,7-10,13,15-16H,5-6,11H2,1-2H3/t13-,15-,16+/m0/s1. The van der Waals surface area contributed by atoms with E-state index in [-0.39, 0.29) is 24.0 Å². The fourth-order valence-corrected chi connectivity index (χ4v) is 3.91. The van der Waals surface area contributed by atoms with Gasteiger partial charge >= 0.3 is 5.97 Å². The van der Waals surface area contributed by atoms with Crippen LogP contribution in [0, 0.1) is 18.8 Å². The predicted octanol–water partition coefficient (Wildman–Crippen LogP) is 1.39. The summed E-state index contributed by atoms with van der Waals surface area (Å²) in [5, 5.41) is 0. The second-order valence-corrected chi connectivity index (χ2v) is 7.51. The molecule has 4 rings (SSSR count). The molecule has 3 atom stereocenters. The van der Waals surface area contributed by atoms with Crippen molar-refractivity contribution in [2.24, 2.45) is 11.8 Å². The first-order valence-electron chi connectivity index (χ1n) is 9.54. The number of nitrogens with zero attached hydrogens (tertiary/aromatic N) is 3. The van der Waals surface area contributed by atoms with E-state index in [1.807, 2.05) is 25.1 Å². The van der Waals surface area contributed by atoms with E-state index in [1.54, 1.807) is 12.3 Å². The molecule has 150 valence electrons. The summed E-state index contributed by atoms with van der Waals surface area (Å²) in [5.41, 5.74) is 1.39. The zero-order chi connectivity index (χ0) is 20.7. The zero-order valence-electron chi connectivity index (χ0n) is 16.2. The summed E-state index contributed by atoms with van der Waals surface area (Å²) in [6, 6.07) is 3.82. The van der Waals surface area contributed by atoms with Crippen molar-refractivity contribution in [3.8, 4) is 0 Å². The third kappa shape index (κ3) is 3.35. The SMILES string of the molecule is Cc1ccc2nc(COC(=O)[C@H](C)N3C(=O)[C@H]4CC=CC[C@H]4C3=O)cc(=O)n2c1. The zero-order valence-corrected chi connectivity index (χ0v) is 16.2. The van der Waals surface area contributed by atoms with Gasteiger partial charge in [0.1, 0.15) is 18.3 Å². The second kappa shape index (κ2) is 7.27. The molecule has 1 aliphatic carbocycles. The molecule has 0 N–H and O–H groups in total. The Balaban J connectivity index is 1.47. The number of carbonyl (C=O) groups excluding carboxylic acids is 3. The first kappa shape index (κ1) is 19.0. The lowest BCUT2D eigenvalue weighted by Crippen LogP contribution is -2.44. The van der Waals surface area contributed by atoms with Gasteiger partial charge in [0.05, 0.1) is 17.5 Å². The number of hydrogen-bond acceptors (Lipinski definition) is 6. The molecular formula is C21H21N3O5. The number of amides is 2. The number of allylic oxidation sites excluding steroid dienone is 2. The van der Waals surface area contributed by atoms with Crippen LogP contribution >= 0.6 is 0 Å². The van der Waals surface area contributed by atoms with E-state index < -0.39 is 23.8 Å². The van der Waals surface area contributed by atoms with Crippen LogP contribution < -0.4 is 5.56 Å². The van der Waals surface area contributed by atoms with Crippen LogP contribution in [0.25, 0.3) is 5.65 Å². The van der Waals surface area contributed by atoms with Gasteiger partial charge in [-0.05, 0) is 38.3 Å². The molecule has 1 aliphatic heterocycles. The van der Waals surface area contributed by atoms with Gasteiger partial charge < -0.3 is 4.74 Å². The van der Waals surface area contributed by atoms with Crippen molar-refractivity contribution < 1.29 is 19.1 Å². The van der Waals surface area contributed by atoms with Crippen molar-refractivity contribution in [3.05, 3.63) is 58.2 Å². The minimum Gasteiger partial charge on any atom is -0.458 e. The molecular weight excluding hydrogens is 374 g/mol. The van der Waals surface area contributed by atoms with Crippen molar-refractivity contribution >= 4 is 23.4 Å². The van der Waals surface area contributed by atoms with Crippen molar-refractivity contribution in [3.63, 3.8) is 0 Å². The Bertz CT molecular complexity index is 1080. The number of aromatic nitrogens is 2. The smallest absolute Gasteiger partial charge is 0.329 e. The molecule has 0 bridgehead atoms. The number of fused-ring (bicyclic) bond motifs is 2. The van der Waals surface area contributed by atoms with E-state index in [0.717, 1.165) is 10.5 Å². The molecule has 0 aromatic carbocycles. The quantitative estimate of drug-likeness (QED) is 0.441. The number of likely N-dealkylation sites (tertiary alicyclic amines) is 1. The Hall–Kier alpha value is -3.29. The fraction of sp³-hybridized carbons (Fsp3) is 0.381. The van der Waals surface area contributed by atoms with E-state index in [0.29, 0.717) is 24.2 Å². The molecule has 1 saturated heterocycles. The van der Waals surface area contributed by atoms with Crippen LogP contribution in [0.5, 0.6) is 0 Å². The second-order valence-electron chi connectivity index (χ2n) is 7.51. The van der Waals surface area contributed by atoms with Gasteiger partial charge in [-0.2, -0.15) is 0 Å². The van der Waals surface area contributed by atoms with E-state index >= 15 is 0 Å². The maximum atomic E-state index is 12.6. The molecule has 2 amide bonds. The van der Waals surface area contributed by atoms with Crippen LogP contribution in [0.2, 0.25) is 0 Å². The predicted molar refractivity (Wildman–Crippen MR) is 103 cm³/mol. The largest absolute Gasteiger partial charge is 0.458 e. The summed E-state index contributed by atoms with van der Waals surface area (Å²) >= 11 is 0. The number of hydrogen-bond donors (Lipinski definition) is 0. The molecule has 2 aromatic heterocycles. The van der Waals surface area contributed by atoms with Crippen molar-refractivity contribution in [1.29, 1.82) is 0 Å². The lowest BCUT2D eigenvalue weighted by Gasteiger charge is -2.21. The molecule has 2 aromatic rings. The van der Waals surface area contributed by atoms with Crippen molar-refractivity contribution in [2.45, 2.75) is 39.3 Å². The summed E-state index contributed by atoms with van der Waals surface area (Å²) in [6.45, 7) is 3.14. The third-order valence-corrected chi connectivity index (χ3v) is 5.49. The van der Waals surface area contributed by atoms with Crippen LogP contribution in [-0.2, 0) is 25.7 Å². The lowest BCUT2D eigenvalue weighted by atomic mass is 9.85. The van der Waals surface area contributed by atoms with Gasteiger partial charge in [0, 0.05) is 12.3 Å². The highest BCUT2D eigenvalue weighted by atomic mass is 16.5. The van der Waals surface area contributed by atoms with Gasteiger partial charge in [-0.15, -0.1) is 0 Å². The van der Waals surface area contributed by atoms with Crippen LogP contribution in [0.3, 0.4) is 0 Å². The summed E-state index contributed by atoms with van der Waals surface area (Å²) < 4.78 is 6.69. The van der Waals surface area contributed by atoms with E-state index in [1.165, 1.54) is 17.4 Å². The van der Waals surface area contributed by atoms with E-state index in [4.69, 9.17) is 4.74 Å². The highest BCUT2D eigenvalue weighted by Crippen LogP contribution is 2.36. The Kier molecular flexibility index (Phi) is 4.77. The average molecular weight is 395 g/mol. The highest BCUT2D eigenvalue weighted by Gasteiger charge is 2.50. The Morgan fingerprint density at radius 3 is 2.48 bits per heavy atom. The molecule has 0 saturated carbocycles. The average Bonchev–Trinajstić information content (AvgIpc) is 2.97. The highest BCUT2D eigenvalue weighted by molar-refractivity contribution is 6.08. The molecule has 1 fully saturated rings. The number of aryl methyl sites for hydroxylation is 1. The summed E-state index contributed by atoms with van der Waals surface area (Å²) in [5.74, 6) is -2.15. The summed E-state index contributed by atoms with van der Waals surface area (Å²) in [6.07, 6.45) is 6.49. The van der Waals surface area contributed by atoms with E-state index in [2.05, 4.69) is 4.98 Å². The summed E-state index contributed by atoms with van der Waals surface area (Å²) in [7, 11) is 0. The van der Waals surface area contributed by atoms with Gasteiger partial charge in [0.25, 0.3) is 5.56 Å². The summed E-state index contributed by atoms with van der Waals surface area (Å²) in [4.78, 5) is 55.3. The van der Waals surface area contributed by atoms with Crippen LogP contribution in [-0.4, -0.2) is 38.1 Å². The van der Waals surface area contributed by atoms with Crippen LogP contribution in [0.4, 0.5) is 0 Å². The van der Waals surface area contributed by atoms with Crippen LogP contribution in [0.1, 0.15) is 31.0 Å². The molecule has 29 heavy (non-hydrogen) atoms. The van der Waals surface area contributed by atoms with Crippen LogP contribution in [0.15, 0.2) is 41.3 Å². The Morgan fingerprint density at radius 1 is 1.17 bits per heavy atom. The maximum absolute atomic E-state index is 12.6. The molecule has 8 heteroatoms. The third-order valence-electron chi connectivity index (χ3n) is 5.49. The molecule has 0 unspecified atom stereocenters. The number of rotatable bonds is 4. The van der Waals surface area contributed by atoms with Crippen molar-refractivity contribution in [1.82, 2.24) is 14.3 Å². The minimum absolute atomic E-state index is 0.215. The maximum Gasteiger partial charge on any atom is 0.329 e. The number of carbonyl (C=O) groups is 3. The topological polar surface area (TPSA) is 98.0 Å². The van der Waals surface area contributed by atoms with Gasteiger partial charge in [0.15, 0.2) is 0 Å². The van der Waals surface area contributed by atoms with Gasteiger partial charge in [-0.1, -0.05) is 18.2 Å². The first-order valence-corrected chi connectivity index (χ1v) is 9.54. The molecule has 3 heterocycles. The lowest BCUT2D eigenvalue weighted by molar-refractivity contribution is -0.159. The molecule has 2 aliphatic rings. The first-order chi connectivity index (χ1) is 13.9. The molecule has 0 spiro atoms. The Morgan fingerprint density at radius 2 is 1.83 bits per heavy atom. The van der Waals surface area contributed by atoms with E-state index in [9.17, 15) is 19.2 Å². The fourth-order valence-electron chi connectivity index (χ4n) is 3.91. The molecule has 0 radical (unpaired) electrons. The van der Waals surface area contributed by atoms with Gasteiger partial charge in [-0.25, -0.2) is 9.78 Å². The molecule has 8 nitrogen and oxygen atoms in total. The normalized spacial score (nSPS) is 22.1.